The van der Waals surface area contributed by atoms with Gasteiger partial charge in [-0.1, -0.05) is 15.9 Å². The maximum absolute atomic E-state index is 4.64. The molecular formula is C18H20BrN5. The molecule has 0 saturated heterocycles. The van der Waals surface area contributed by atoms with Crippen LogP contribution in [0.25, 0.3) is 5.69 Å². The summed E-state index contributed by atoms with van der Waals surface area (Å²) in [6.45, 7) is 1.59. The van der Waals surface area contributed by atoms with Crippen LogP contribution < -0.4 is 5.32 Å². The number of nitrogens with zero attached hydrogens (tertiary/aromatic N) is 4. The Kier molecular flexibility index (Phi) is 4.24. The van der Waals surface area contributed by atoms with Crippen LogP contribution in [-0.4, -0.2) is 19.6 Å². The van der Waals surface area contributed by atoms with Crippen molar-refractivity contribution in [3.05, 3.63) is 63.6 Å². The molecule has 124 valence electrons. The number of hydrogen-bond donors (Lipinski definition) is 1. The molecule has 0 radical (unpaired) electrons. The zero-order valence-electron chi connectivity index (χ0n) is 13.7. The first-order chi connectivity index (χ1) is 11.7. The number of benzene rings is 1. The van der Waals surface area contributed by atoms with E-state index < -0.39 is 0 Å². The lowest BCUT2D eigenvalue weighted by Crippen LogP contribution is -2.17. The van der Waals surface area contributed by atoms with Crippen molar-refractivity contribution in [2.75, 3.05) is 0 Å². The second-order valence-electron chi connectivity index (χ2n) is 6.18. The summed E-state index contributed by atoms with van der Waals surface area (Å²) in [5, 5.41) is 12.8. The van der Waals surface area contributed by atoms with Crippen LogP contribution in [-0.2, 0) is 33.0 Å². The minimum Gasteiger partial charge on any atom is -0.305 e. The summed E-state index contributed by atoms with van der Waals surface area (Å²) in [5.41, 5.74) is 6.15. The second kappa shape index (κ2) is 6.53. The van der Waals surface area contributed by atoms with Crippen molar-refractivity contribution in [3.63, 3.8) is 0 Å². The molecule has 0 aliphatic heterocycles. The van der Waals surface area contributed by atoms with Crippen LogP contribution in [0.1, 0.15) is 29.1 Å². The van der Waals surface area contributed by atoms with E-state index in [4.69, 9.17) is 0 Å². The fraction of sp³-hybridized carbons (Fsp3) is 0.333. The molecule has 0 fully saturated rings. The molecule has 0 bridgehead atoms. The Morgan fingerprint density at radius 1 is 1.08 bits per heavy atom. The molecule has 24 heavy (non-hydrogen) atoms. The Balaban J connectivity index is 1.40. The number of hydrogen-bond acceptors (Lipinski definition) is 3. The van der Waals surface area contributed by atoms with Crippen LogP contribution in [0.4, 0.5) is 0 Å². The first-order valence-corrected chi connectivity index (χ1v) is 9.05. The number of fused-ring (bicyclic) bond motifs is 1. The van der Waals surface area contributed by atoms with Gasteiger partial charge in [0.05, 0.1) is 22.8 Å². The Hall–Kier alpha value is -1.92. The molecule has 0 amide bonds. The molecule has 1 aliphatic rings. The van der Waals surface area contributed by atoms with E-state index in [1.807, 2.05) is 46.9 Å². The normalized spacial score (nSPS) is 13.4. The van der Waals surface area contributed by atoms with Gasteiger partial charge in [-0.15, -0.1) is 0 Å². The fourth-order valence-electron chi connectivity index (χ4n) is 3.31. The van der Waals surface area contributed by atoms with Gasteiger partial charge in [0.25, 0.3) is 0 Å². The molecule has 2 aromatic heterocycles. The van der Waals surface area contributed by atoms with Gasteiger partial charge in [0.15, 0.2) is 0 Å². The van der Waals surface area contributed by atoms with Crippen molar-refractivity contribution in [1.29, 1.82) is 0 Å². The zero-order chi connectivity index (χ0) is 16.5. The van der Waals surface area contributed by atoms with Crippen molar-refractivity contribution in [2.24, 2.45) is 7.05 Å². The van der Waals surface area contributed by atoms with Gasteiger partial charge >= 0.3 is 0 Å². The SMILES string of the molecule is Cn1nc2c(c1CNCc1ccn(-c3ccc(Br)cc3)n1)CCC2. The van der Waals surface area contributed by atoms with Gasteiger partial charge in [0.2, 0.25) is 0 Å². The first kappa shape index (κ1) is 15.6. The van der Waals surface area contributed by atoms with Gasteiger partial charge < -0.3 is 5.32 Å². The largest absolute Gasteiger partial charge is 0.305 e. The molecule has 6 heteroatoms. The van der Waals surface area contributed by atoms with E-state index in [2.05, 4.69) is 37.5 Å². The predicted octanol–water partition coefficient (Wildman–Crippen LogP) is 3.15. The quantitative estimate of drug-likeness (QED) is 0.733. The summed E-state index contributed by atoms with van der Waals surface area (Å²) in [4.78, 5) is 0. The van der Waals surface area contributed by atoms with E-state index in [9.17, 15) is 0 Å². The van der Waals surface area contributed by atoms with E-state index >= 15 is 0 Å². The van der Waals surface area contributed by atoms with Crippen LogP contribution in [0.15, 0.2) is 41.0 Å². The predicted molar refractivity (Wildman–Crippen MR) is 97.0 cm³/mol. The van der Waals surface area contributed by atoms with Gasteiger partial charge in [0, 0.05) is 30.8 Å². The smallest absolute Gasteiger partial charge is 0.0767 e. The van der Waals surface area contributed by atoms with Crippen molar-refractivity contribution < 1.29 is 0 Å². The van der Waals surface area contributed by atoms with Gasteiger partial charge in [-0.3, -0.25) is 4.68 Å². The van der Waals surface area contributed by atoms with E-state index in [1.54, 1.807) is 0 Å². The maximum Gasteiger partial charge on any atom is 0.0767 e. The van der Waals surface area contributed by atoms with Gasteiger partial charge in [-0.05, 0) is 55.2 Å². The molecule has 1 N–H and O–H groups in total. The highest BCUT2D eigenvalue weighted by molar-refractivity contribution is 9.10. The third-order valence-corrected chi connectivity index (χ3v) is 5.06. The molecule has 4 rings (SSSR count). The molecule has 1 aromatic carbocycles. The lowest BCUT2D eigenvalue weighted by Gasteiger charge is -2.06. The molecule has 3 aromatic rings. The Morgan fingerprint density at radius 3 is 2.75 bits per heavy atom. The maximum atomic E-state index is 4.64. The molecule has 2 heterocycles. The van der Waals surface area contributed by atoms with Gasteiger partial charge in [-0.25, -0.2) is 4.68 Å². The molecule has 0 spiro atoms. The van der Waals surface area contributed by atoms with Crippen LogP contribution in [0.5, 0.6) is 0 Å². The summed E-state index contributed by atoms with van der Waals surface area (Å²) >= 11 is 3.46. The summed E-state index contributed by atoms with van der Waals surface area (Å²) in [6.07, 6.45) is 5.53. The lowest BCUT2D eigenvalue weighted by molar-refractivity contribution is 0.605. The molecule has 0 atom stereocenters. The molecule has 0 saturated carbocycles. The van der Waals surface area contributed by atoms with E-state index in [-0.39, 0.29) is 0 Å². The topological polar surface area (TPSA) is 47.7 Å². The Labute approximate surface area is 149 Å². The van der Waals surface area contributed by atoms with Crippen LogP contribution in [0.3, 0.4) is 0 Å². The Bertz CT molecular complexity index is 847. The minimum absolute atomic E-state index is 0.753. The second-order valence-corrected chi connectivity index (χ2v) is 7.10. The number of aromatic nitrogens is 4. The van der Waals surface area contributed by atoms with Crippen molar-refractivity contribution in [3.8, 4) is 5.69 Å². The van der Waals surface area contributed by atoms with Crippen LogP contribution in [0, 0.1) is 0 Å². The van der Waals surface area contributed by atoms with Gasteiger partial charge in [-0.2, -0.15) is 10.2 Å². The highest BCUT2D eigenvalue weighted by Gasteiger charge is 2.20. The fourth-order valence-corrected chi connectivity index (χ4v) is 3.57. The molecule has 5 nitrogen and oxygen atoms in total. The average Bonchev–Trinajstić information content (AvgIpc) is 3.27. The number of aryl methyl sites for hydroxylation is 2. The summed E-state index contributed by atoms with van der Waals surface area (Å²) in [7, 11) is 2.04. The third-order valence-electron chi connectivity index (χ3n) is 4.53. The third kappa shape index (κ3) is 3.03. The van der Waals surface area contributed by atoms with E-state index in [0.717, 1.165) is 35.4 Å². The molecule has 1 aliphatic carbocycles. The van der Waals surface area contributed by atoms with Crippen LogP contribution >= 0.6 is 15.9 Å². The molecular weight excluding hydrogens is 366 g/mol. The van der Waals surface area contributed by atoms with E-state index in [0.29, 0.717) is 0 Å². The zero-order valence-corrected chi connectivity index (χ0v) is 15.3. The number of halogens is 1. The summed E-state index contributed by atoms with van der Waals surface area (Å²) in [5.74, 6) is 0. The van der Waals surface area contributed by atoms with Crippen molar-refractivity contribution in [2.45, 2.75) is 32.4 Å². The highest BCUT2D eigenvalue weighted by atomic mass is 79.9. The highest BCUT2D eigenvalue weighted by Crippen LogP contribution is 2.24. The van der Waals surface area contributed by atoms with E-state index in [1.165, 1.54) is 29.8 Å². The lowest BCUT2D eigenvalue weighted by atomic mass is 10.2. The van der Waals surface area contributed by atoms with Crippen molar-refractivity contribution >= 4 is 15.9 Å². The van der Waals surface area contributed by atoms with Crippen LogP contribution in [0.2, 0.25) is 0 Å². The minimum atomic E-state index is 0.753. The summed E-state index contributed by atoms with van der Waals surface area (Å²) in [6, 6.07) is 10.2. The van der Waals surface area contributed by atoms with Gasteiger partial charge in [0.1, 0.15) is 0 Å². The Morgan fingerprint density at radius 2 is 1.92 bits per heavy atom. The summed E-state index contributed by atoms with van der Waals surface area (Å²) < 4.78 is 5.01. The first-order valence-electron chi connectivity index (χ1n) is 8.25. The average molecular weight is 386 g/mol. The van der Waals surface area contributed by atoms with Crippen molar-refractivity contribution in [1.82, 2.24) is 24.9 Å². The monoisotopic (exact) mass is 385 g/mol. The number of nitrogens with one attached hydrogen (secondary N) is 1. The standard InChI is InChI=1S/C18H20BrN5/c1-23-18(16-3-2-4-17(16)22-23)12-20-11-14-9-10-24(21-14)15-7-5-13(19)6-8-15/h5-10,20H,2-4,11-12H2,1H3. The number of rotatable bonds is 5. The molecule has 0 unspecified atom stereocenters.